The molecule has 20 heavy (non-hydrogen) atoms. The number of carbonyl (C=O) groups is 1. The summed E-state index contributed by atoms with van der Waals surface area (Å²) in [5.41, 5.74) is 0.692. The van der Waals surface area contributed by atoms with Crippen LogP contribution in [0.2, 0.25) is 0 Å². The number of halogens is 1. The molecule has 1 aromatic carbocycles. The van der Waals surface area contributed by atoms with Gasteiger partial charge in [0.15, 0.2) is 0 Å². The Kier molecular flexibility index (Phi) is 5.95. The molecular weight excluding hydrogens is 259 g/mol. The largest absolute Gasteiger partial charge is 0.394 e. The Morgan fingerprint density at radius 3 is 2.50 bits per heavy atom. The maximum atomic E-state index is 13.9. The Labute approximate surface area is 119 Å². The van der Waals surface area contributed by atoms with Gasteiger partial charge >= 0.3 is 0 Å². The lowest BCUT2D eigenvalue weighted by Crippen LogP contribution is -2.38. The van der Waals surface area contributed by atoms with E-state index in [1.165, 1.54) is 12.1 Å². The normalized spacial score (nSPS) is 12.3. The highest BCUT2D eigenvalue weighted by molar-refractivity contribution is 5.95. The Bertz CT molecular complexity index is 461. The molecule has 4 nitrogen and oxygen atoms in total. The van der Waals surface area contributed by atoms with E-state index >= 15 is 0 Å². The van der Waals surface area contributed by atoms with Crippen LogP contribution in [0.5, 0.6) is 0 Å². The molecule has 0 saturated carbocycles. The molecule has 1 aromatic rings. The minimum atomic E-state index is -0.560. The number of nitrogens with one attached hydrogen (secondary N) is 1. The van der Waals surface area contributed by atoms with E-state index in [4.69, 9.17) is 0 Å². The fraction of sp³-hybridized carbons (Fsp3) is 0.533. The molecule has 5 heteroatoms. The van der Waals surface area contributed by atoms with E-state index in [-0.39, 0.29) is 18.2 Å². The van der Waals surface area contributed by atoms with Crippen LogP contribution in [0.15, 0.2) is 18.2 Å². The van der Waals surface area contributed by atoms with Gasteiger partial charge in [0.25, 0.3) is 5.91 Å². The Balaban J connectivity index is 2.81. The number of anilines is 1. The van der Waals surface area contributed by atoms with Crippen LogP contribution in [0.1, 0.15) is 30.6 Å². The third-order valence-electron chi connectivity index (χ3n) is 3.03. The molecule has 0 fully saturated rings. The van der Waals surface area contributed by atoms with Crippen molar-refractivity contribution < 1.29 is 14.3 Å². The van der Waals surface area contributed by atoms with Crippen molar-refractivity contribution in [2.45, 2.75) is 26.3 Å². The van der Waals surface area contributed by atoms with Gasteiger partial charge in [0, 0.05) is 19.8 Å². The molecule has 0 spiro atoms. The number of amides is 1. The van der Waals surface area contributed by atoms with Crippen molar-refractivity contribution in [2.24, 2.45) is 5.92 Å². The van der Waals surface area contributed by atoms with Crippen molar-refractivity contribution in [1.82, 2.24) is 5.32 Å². The summed E-state index contributed by atoms with van der Waals surface area (Å²) < 4.78 is 13.9. The topological polar surface area (TPSA) is 52.6 Å². The second kappa shape index (κ2) is 7.24. The minimum Gasteiger partial charge on any atom is -0.394 e. The van der Waals surface area contributed by atoms with Crippen LogP contribution < -0.4 is 10.2 Å². The smallest absolute Gasteiger partial charge is 0.254 e. The van der Waals surface area contributed by atoms with Gasteiger partial charge in [-0.2, -0.15) is 0 Å². The highest BCUT2D eigenvalue weighted by atomic mass is 19.1. The van der Waals surface area contributed by atoms with Crippen LogP contribution in [0.3, 0.4) is 0 Å². The summed E-state index contributed by atoms with van der Waals surface area (Å²) in [5.74, 6) is -0.712. The molecule has 2 N–H and O–H groups in total. The number of nitrogens with zero attached hydrogens (tertiary/aromatic N) is 1. The molecule has 0 radical (unpaired) electrons. The zero-order chi connectivity index (χ0) is 15.3. The average Bonchev–Trinajstić information content (AvgIpc) is 2.36. The second-order valence-corrected chi connectivity index (χ2v) is 5.54. The zero-order valence-electron chi connectivity index (χ0n) is 12.5. The summed E-state index contributed by atoms with van der Waals surface area (Å²) >= 11 is 0. The molecule has 0 bridgehead atoms. The molecule has 0 aliphatic heterocycles. The predicted molar refractivity (Wildman–Crippen MR) is 78.5 cm³/mol. The van der Waals surface area contributed by atoms with Crippen molar-refractivity contribution >= 4 is 11.6 Å². The van der Waals surface area contributed by atoms with Crippen LogP contribution in [0.25, 0.3) is 0 Å². The van der Waals surface area contributed by atoms with Crippen LogP contribution >= 0.6 is 0 Å². The van der Waals surface area contributed by atoms with Crippen molar-refractivity contribution in [3.63, 3.8) is 0 Å². The number of benzene rings is 1. The van der Waals surface area contributed by atoms with Gasteiger partial charge in [0.1, 0.15) is 5.82 Å². The molecule has 0 unspecified atom stereocenters. The van der Waals surface area contributed by atoms with E-state index in [0.717, 1.165) is 0 Å². The Hall–Kier alpha value is -1.62. The first-order valence-electron chi connectivity index (χ1n) is 6.73. The fourth-order valence-electron chi connectivity index (χ4n) is 1.98. The minimum absolute atomic E-state index is 0.00203. The van der Waals surface area contributed by atoms with E-state index < -0.39 is 11.7 Å². The van der Waals surface area contributed by atoms with Crippen molar-refractivity contribution in [1.29, 1.82) is 0 Å². The van der Waals surface area contributed by atoms with Crippen molar-refractivity contribution in [2.75, 3.05) is 25.6 Å². The third kappa shape index (κ3) is 4.49. The standard InChI is InChI=1S/C15H23FN2O2/c1-10(2)7-11(9-19)17-15(20)13-6-5-12(18(3)4)8-14(13)16/h5-6,8,10-11,19H,7,9H2,1-4H3,(H,17,20)/t11-/m0/s1. The lowest BCUT2D eigenvalue weighted by atomic mass is 10.0. The van der Waals surface area contributed by atoms with Gasteiger partial charge in [-0.05, 0) is 30.5 Å². The summed E-state index contributed by atoms with van der Waals surface area (Å²) in [7, 11) is 3.61. The number of aliphatic hydroxyl groups excluding tert-OH is 1. The molecule has 0 heterocycles. The van der Waals surface area contributed by atoms with Gasteiger partial charge in [0.2, 0.25) is 0 Å². The summed E-state index contributed by atoms with van der Waals surface area (Å²) in [6, 6.07) is 4.12. The number of hydrogen-bond acceptors (Lipinski definition) is 3. The molecule has 1 atom stereocenters. The summed E-state index contributed by atoms with van der Waals surface area (Å²) in [5, 5.41) is 11.9. The van der Waals surface area contributed by atoms with Gasteiger partial charge in [-0.1, -0.05) is 13.8 Å². The van der Waals surface area contributed by atoms with Crippen molar-refractivity contribution in [3.8, 4) is 0 Å². The van der Waals surface area contributed by atoms with Gasteiger partial charge in [-0.15, -0.1) is 0 Å². The maximum absolute atomic E-state index is 13.9. The summed E-state index contributed by atoms with van der Waals surface area (Å²) in [6.45, 7) is 3.85. The van der Waals surface area contributed by atoms with Gasteiger partial charge in [-0.3, -0.25) is 4.79 Å². The molecule has 0 aliphatic rings. The van der Waals surface area contributed by atoms with E-state index in [1.807, 2.05) is 13.8 Å². The van der Waals surface area contributed by atoms with E-state index in [1.54, 1.807) is 25.1 Å². The van der Waals surface area contributed by atoms with Crippen molar-refractivity contribution in [3.05, 3.63) is 29.6 Å². The highest BCUT2D eigenvalue weighted by Crippen LogP contribution is 2.17. The van der Waals surface area contributed by atoms with E-state index in [2.05, 4.69) is 5.32 Å². The monoisotopic (exact) mass is 282 g/mol. The summed E-state index contributed by atoms with van der Waals surface area (Å²) in [4.78, 5) is 13.8. The van der Waals surface area contributed by atoms with Crippen LogP contribution in [-0.4, -0.2) is 37.8 Å². The zero-order valence-corrected chi connectivity index (χ0v) is 12.5. The number of rotatable bonds is 6. The van der Waals surface area contributed by atoms with E-state index in [0.29, 0.717) is 18.0 Å². The van der Waals surface area contributed by atoms with Crippen LogP contribution in [0.4, 0.5) is 10.1 Å². The maximum Gasteiger partial charge on any atom is 0.254 e. The molecular formula is C15H23FN2O2. The number of hydrogen-bond donors (Lipinski definition) is 2. The molecule has 1 amide bonds. The molecule has 0 saturated heterocycles. The quantitative estimate of drug-likeness (QED) is 0.839. The van der Waals surface area contributed by atoms with E-state index in [9.17, 15) is 14.3 Å². The first kappa shape index (κ1) is 16.4. The lowest BCUT2D eigenvalue weighted by Gasteiger charge is -2.19. The highest BCUT2D eigenvalue weighted by Gasteiger charge is 2.17. The molecule has 112 valence electrons. The van der Waals surface area contributed by atoms with Gasteiger partial charge < -0.3 is 15.3 Å². The number of aliphatic hydroxyl groups is 1. The fourth-order valence-corrected chi connectivity index (χ4v) is 1.98. The Morgan fingerprint density at radius 2 is 2.05 bits per heavy atom. The lowest BCUT2D eigenvalue weighted by molar-refractivity contribution is 0.0904. The first-order valence-corrected chi connectivity index (χ1v) is 6.73. The number of carbonyl (C=O) groups excluding carboxylic acids is 1. The molecule has 0 aromatic heterocycles. The van der Waals surface area contributed by atoms with Crippen LogP contribution in [-0.2, 0) is 0 Å². The first-order chi connectivity index (χ1) is 9.35. The summed E-state index contributed by atoms with van der Waals surface area (Å²) in [6.07, 6.45) is 0.652. The SMILES string of the molecule is CC(C)C[C@@H](CO)NC(=O)c1ccc(N(C)C)cc1F. The van der Waals surface area contributed by atoms with Gasteiger partial charge in [0.05, 0.1) is 18.2 Å². The van der Waals surface area contributed by atoms with Crippen LogP contribution in [0, 0.1) is 11.7 Å². The third-order valence-corrected chi connectivity index (χ3v) is 3.03. The Morgan fingerprint density at radius 1 is 1.40 bits per heavy atom. The second-order valence-electron chi connectivity index (χ2n) is 5.54. The predicted octanol–water partition coefficient (Wildman–Crippen LogP) is 2.03. The average molecular weight is 282 g/mol. The molecule has 1 rings (SSSR count). The van der Waals surface area contributed by atoms with Gasteiger partial charge in [-0.25, -0.2) is 4.39 Å². The molecule has 0 aliphatic carbocycles.